The average molecular weight is 181 g/mol. The summed E-state index contributed by atoms with van der Waals surface area (Å²) in [6.07, 6.45) is 3.51. The van der Waals surface area contributed by atoms with Gasteiger partial charge in [0.2, 0.25) is 0 Å². The van der Waals surface area contributed by atoms with Crippen molar-refractivity contribution in [1.29, 1.82) is 0 Å². The van der Waals surface area contributed by atoms with E-state index < -0.39 is 0 Å². The van der Waals surface area contributed by atoms with Crippen LogP contribution in [0.3, 0.4) is 0 Å². The van der Waals surface area contributed by atoms with Crippen LogP contribution in [0, 0.1) is 17.8 Å². The zero-order chi connectivity index (χ0) is 10.1. The van der Waals surface area contributed by atoms with E-state index in [9.17, 15) is 0 Å². The summed E-state index contributed by atoms with van der Waals surface area (Å²) in [5.41, 5.74) is 0. The molecule has 0 fully saturated rings. The number of rotatable bonds is 6. The smallest absolute Gasteiger partial charge is 0.0214 e. The fourth-order valence-electron chi connectivity index (χ4n) is 1.65. The van der Waals surface area contributed by atoms with Crippen LogP contribution in [0.1, 0.15) is 47.0 Å². The second-order valence-corrected chi connectivity index (χ2v) is 3.50. The first-order valence-corrected chi connectivity index (χ1v) is 5.39. The quantitative estimate of drug-likeness (QED) is 0.491. The second-order valence-electron chi connectivity index (χ2n) is 3.50. The summed E-state index contributed by atoms with van der Waals surface area (Å²) >= 11 is 0. The van der Waals surface area contributed by atoms with Gasteiger partial charge in [-0.15, -0.1) is 11.8 Å². The molecule has 0 aromatic heterocycles. The van der Waals surface area contributed by atoms with Gasteiger partial charge in [0.15, 0.2) is 0 Å². The molecule has 0 aliphatic rings. The molecule has 0 saturated carbocycles. The van der Waals surface area contributed by atoms with Crippen LogP contribution in [0.25, 0.3) is 0 Å². The second kappa shape index (κ2) is 8.13. The first kappa shape index (κ1) is 12.5. The molecule has 0 aliphatic heterocycles. The molecule has 0 saturated heterocycles. The van der Waals surface area contributed by atoms with Crippen LogP contribution in [-0.4, -0.2) is 12.6 Å². The molecule has 0 aromatic carbocycles. The van der Waals surface area contributed by atoms with Crippen molar-refractivity contribution in [2.75, 3.05) is 6.54 Å². The number of hydrogen-bond donors (Lipinski definition) is 1. The Morgan fingerprint density at radius 1 is 1.23 bits per heavy atom. The predicted molar refractivity (Wildman–Crippen MR) is 59.6 cm³/mol. The van der Waals surface area contributed by atoms with Gasteiger partial charge in [-0.3, -0.25) is 0 Å². The van der Waals surface area contributed by atoms with E-state index in [1.807, 2.05) is 6.92 Å². The Bertz CT molecular complexity index is 160. The van der Waals surface area contributed by atoms with E-state index in [4.69, 9.17) is 0 Å². The van der Waals surface area contributed by atoms with Crippen molar-refractivity contribution in [2.24, 2.45) is 5.92 Å². The van der Waals surface area contributed by atoms with E-state index in [0.29, 0.717) is 6.04 Å². The van der Waals surface area contributed by atoms with Gasteiger partial charge in [0.05, 0.1) is 0 Å². The van der Waals surface area contributed by atoms with Crippen LogP contribution in [-0.2, 0) is 0 Å². The van der Waals surface area contributed by atoms with Gasteiger partial charge in [0.1, 0.15) is 0 Å². The third-order valence-corrected chi connectivity index (χ3v) is 2.65. The molecule has 1 nitrogen and oxygen atoms in total. The van der Waals surface area contributed by atoms with Crippen molar-refractivity contribution in [3.05, 3.63) is 0 Å². The predicted octanol–water partition coefficient (Wildman–Crippen LogP) is 2.81. The summed E-state index contributed by atoms with van der Waals surface area (Å²) in [7, 11) is 0. The van der Waals surface area contributed by atoms with Crippen LogP contribution in [0.2, 0.25) is 0 Å². The molecule has 13 heavy (non-hydrogen) atoms. The van der Waals surface area contributed by atoms with Gasteiger partial charge in [-0.25, -0.2) is 0 Å². The largest absolute Gasteiger partial charge is 0.313 e. The third kappa shape index (κ3) is 5.71. The maximum Gasteiger partial charge on any atom is 0.0214 e. The third-order valence-electron chi connectivity index (χ3n) is 2.65. The molecule has 76 valence electrons. The Hall–Kier alpha value is -0.480. The lowest BCUT2D eigenvalue weighted by Gasteiger charge is -2.21. The molecular weight excluding hydrogens is 158 g/mol. The maximum atomic E-state index is 3.52. The van der Waals surface area contributed by atoms with Crippen LogP contribution < -0.4 is 5.32 Å². The normalized spacial score (nSPS) is 12.4. The highest BCUT2D eigenvalue weighted by molar-refractivity contribution is 4.95. The topological polar surface area (TPSA) is 12.0 Å². The van der Waals surface area contributed by atoms with Gasteiger partial charge in [0, 0.05) is 19.0 Å². The SMILES string of the molecule is CC#CCCNC(C)C(CC)CC. The van der Waals surface area contributed by atoms with Gasteiger partial charge >= 0.3 is 0 Å². The summed E-state index contributed by atoms with van der Waals surface area (Å²) in [6.45, 7) is 9.72. The molecule has 1 N–H and O–H groups in total. The van der Waals surface area contributed by atoms with Gasteiger partial charge in [-0.1, -0.05) is 26.7 Å². The molecule has 1 unspecified atom stereocenters. The van der Waals surface area contributed by atoms with Crippen LogP contribution in [0.4, 0.5) is 0 Å². The molecule has 0 spiro atoms. The summed E-state index contributed by atoms with van der Waals surface area (Å²) in [5.74, 6) is 6.79. The zero-order valence-electron chi connectivity index (χ0n) is 9.48. The fraction of sp³-hybridized carbons (Fsp3) is 0.833. The summed E-state index contributed by atoms with van der Waals surface area (Å²) in [6, 6.07) is 0.633. The summed E-state index contributed by atoms with van der Waals surface area (Å²) < 4.78 is 0. The standard InChI is InChI=1S/C12H23N/c1-5-8-9-10-13-11(4)12(6-2)7-3/h11-13H,6-7,9-10H2,1-4H3. The van der Waals surface area contributed by atoms with Crippen molar-refractivity contribution in [2.45, 2.75) is 53.0 Å². The summed E-state index contributed by atoms with van der Waals surface area (Å²) in [4.78, 5) is 0. The van der Waals surface area contributed by atoms with E-state index in [1.165, 1.54) is 12.8 Å². The van der Waals surface area contributed by atoms with Crippen LogP contribution in [0.5, 0.6) is 0 Å². The molecule has 0 rings (SSSR count). The van der Waals surface area contributed by atoms with Gasteiger partial charge in [-0.2, -0.15) is 0 Å². The Labute approximate surface area is 83.3 Å². The first-order valence-electron chi connectivity index (χ1n) is 5.39. The highest BCUT2D eigenvalue weighted by Crippen LogP contribution is 2.12. The molecule has 1 atom stereocenters. The van der Waals surface area contributed by atoms with Gasteiger partial charge in [-0.05, 0) is 19.8 Å². The molecule has 0 amide bonds. The van der Waals surface area contributed by atoms with Crippen molar-refractivity contribution >= 4 is 0 Å². The molecular formula is C12H23N. The lowest BCUT2D eigenvalue weighted by molar-refractivity contribution is 0.357. The van der Waals surface area contributed by atoms with E-state index >= 15 is 0 Å². The van der Waals surface area contributed by atoms with E-state index in [-0.39, 0.29) is 0 Å². The van der Waals surface area contributed by atoms with Crippen molar-refractivity contribution in [3.63, 3.8) is 0 Å². The van der Waals surface area contributed by atoms with E-state index in [1.54, 1.807) is 0 Å². The number of nitrogens with one attached hydrogen (secondary N) is 1. The van der Waals surface area contributed by atoms with E-state index in [2.05, 4.69) is 37.9 Å². The lowest BCUT2D eigenvalue weighted by atomic mass is 9.95. The minimum Gasteiger partial charge on any atom is -0.313 e. The molecule has 0 radical (unpaired) electrons. The monoisotopic (exact) mass is 181 g/mol. The van der Waals surface area contributed by atoms with Gasteiger partial charge in [0.25, 0.3) is 0 Å². The Morgan fingerprint density at radius 2 is 1.85 bits per heavy atom. The zero-order valence-corrected chi connectivity index (χ0v) is 9.48. The Morgan fingerprint density at radius 3 is 2.31 bits per heavy atom. The number of hydrogen-bond acceptors (Lipinski definition) is 1. The molecule has 0 bridgehead atoms. The highest BCUT2D eigenvalue weighted by atomic mass is 14.9. The van der Waals surface area contributed by atoms with Crippen LogP contribution in [0.15, 0.2) is 0 Å². The summed E-state index contributed by atoms with van der Waals surface area (Å²) in [5, 5.41) is 3.52. The molecule has 0 aliphatic carbocycles. The maximum absolute atomic E-state index is 3.52. The molecule has 0 heterocycles. The lowest BCUT2D eigenvalue weighted by Crippen LogP contribution is -2.33. The molecule has 1 heteroatoms. The van der Waals surface area contributed by atoms with Crippen LogP contribution >= 0.6 is 0 Å². The Balaban J connectivity index is 3.57. The van der Waals surface area contributed by atoms with Crippen molar-refractivity contribution in [3.8, 4) is 11.8 Å². The molecule has 0 aromatic rings. The van der Waals surface area contributed by atoms with Crippen molar-refractivity contribution in [1.82, 2.24) is 5.32 Å². The highest BCUT2D eigenvalue weighted by Gasteiger charge is 2.11. The Kier molecular flexibility index (Phi) is 7.83. The van der Waals surface area contributed by atoms with E-state index in [0.717, 1.165) is 18.9 Å². The first-order chi connectivity index (χ1) is 6.26. The van der Waals surface area contributed by atoms with Gasteiger partial charge < -0.3 is 5.32 Å². The minimum absolute atomic E-state index is 0.633. The van der Waals surface area contributed by atoms with Crippen molar-refractivity contribution < 1.29 is 0 Å². The fourth-order valence-corrected chi connectivity index (χ4v) is 1.65. The minimum atomic E-state index is 0.633. The average Bonchev–Trinajstić information content (AvgIpc) is 2.14.